The molecule has 0 aliphatic heterocycles. The molecule has 0 aromatic heterocycles. The number of aromatic hydroxyl groups is 2. The van der Waals surface area contributed by atoms with E-state index in [4.69, 9.17) is 32.2 Å². The highest BCUT2D eigenvalue weighted by Gasteiger charge is 2.38. The van der Waals surface area contributed by atoms with Crippen molar-refractivity contribution in [1.82, 2.24) is 31.9 Å². The molecular weight excluding hydrogens is 962 g/mol. The number of carbonyl (C=O) groups is 9. The molecule has 6 atom stereocenters. The highest BCUT2D eigenvalue weighted by Crippen LogP contribution is 2.16. The van der Waals surface area contributed by atoms with Gasteiger partial charge >= 0.3 is 24.1 Å². The average molecular weight is 1030 g/mol. The topological polar surface area (TPSA) is 417 Å². The van der Waals surface area contributed by atoms with Crippen LogP contribution < -0.4 is 49.1 Å². The zero-order valence-electron chi connectivity index (χ0n) is 40.0. The van der Waals surface area contributed by atoms with E-state index < -0.39 is 115 Å². The maximum absolute atomic E-state index is 13.9. The number of amides is 6. The lowest BCUT2D eigenvalue weighted by molar-refractivity contribution is -0.192. The summed E-state index contributed by atoms with van der Waals surface area (Å²) in [6.45, 7) is 6.65. The predicted octanol–water partition coefficient (Wildman–Crippen LogP) is -0.521. The number of carboxylic acids is 3. The summed E-state index contributed by atoms with van der Waals surface area (Å²) in [5.74, 6) is -10.8. The number of aliphatic carboxylic acids is 3. The van der Waals surface area contributed by atoms with Gasteiger partial charge in [0.15, 0.2) is 5.96 Å². The van der Waals surface area contributed by atoms with E-state index in [-0.39, 0.29) is 67.9 Å². The second-order valence-electron chi connectivity index (χ2n) is 17.2. The van der Waals surface area contributed by atoms with Crippen LogP contribution in [-0.4, -0.2) is 140 Å². The van der Waals surface area contributed by atoms with Gasteiger partial charge < -0.3 is 74.6 Å². The zero-order valence-corrected chi connectivity index (χ0v) is 40.0. The lowest BCUT2D eigenvalue weighted by Crippen LogP contribution is -2.58. The second-order valence-corrected chi connectivity index (χ2v) is 17.2. The number of phenolic OH excluding ortho intramolecular Hbond substituents is 2. The van der Waals surface area contributed by atoms with Crippen molar-refractivity contribution in [3.8, 4) is 11.5 Å². The minimum atomic E-state index is -5.08. The third-order valence-corrected chi connectivity index (χ3v) is 9.95. The van der Waals surface area contributed by atoms with Gasteiger partial charge in [0.1, 0.15) is 41.7 Å². The number of hydrogen-bond donors (Lipinski definition) is 14. The Hall–Kier alpha value is -7.71. The third kappa shape index (κ3) is 25.8. The number of guanidine groups is 1. The maximum atomic E-state index is 13.9. The van der Waals surface area contributed by atoms with Crippen LogP contribution in [0.1, 0.15) is 77.3 Å². The van der Waals surface area contributed by atoms with E-state index in [1.807, 2.05) is 0 Å². The van der Waals surface area contributed by atoms with Crippen LogP contribution in [0.5, 0.6) is 11.5 Å². The molecule has 17 N–H and O–H groups in total. The van der Waals surface area contributed by atoms with Gasteiger partial charge in [0.25, 0.3) is 0 Å². The molecule has 0 saturated carbocycles. The quantitative estimate of drug-likeness (QED) is 0.0290. The number of alkyl halides is 3. The number of carbonyl (C=O) groups excluding carboxylic acids is 6. The molecule has 0 saturated heterocycles. The number of benzene rings is 2. The fourth-order valence-corrected chi connectivity index (χ4v) is 6.37. The van der Waals surface area contributed by atoms with Gasteiger partial charge in [0.2, 0.25) is 35.4 Å². The molecule has 6 amide bonds. The fourth-order valence-electron chi connectivity index (χ4n) is 6.37. The highest BCUT2D eigenvalue weighted by atomic mass is 19.4. The Balaban J connectivity index is 0.00000343. The lowest BCUT2D eigenvalue weighted by atomic mass is 10.00. The first kappa shape index (κ1) is 62.3. The molecule has 27 heteroatoms. The van der Waals surface area contributed by atoms with E-state index in [2.05, 4.69) is 36.9 Å². The molecule has 0 spiro atoms. The van der Waals surface area contributed by atoms with Crippen LogP contribution in [0, 0.1) is 11.8 Å². The van der Waals surface area contributed by atoms with E-state index >= 15 is 0 Å². The van der Waals surface area contributed by atoms with Crippen molar-refractivity contribution < 1.29 is 81.9 Å². The van der Waals surface area contributed by atoms with Gasteiger partial charge in [-0.1, -0.05) is 52.0 Å². The summed E-state index contributed by atoms with van der Waals surface area (Å²) in [6.07, 6.45) is -5.55. The van der Waals surface area contributed by atoms with Crippen LogP contribution in [0.2, 0.25) is 0 Å². The number of phenols is 2. The van der Waals surface area contributed by atoms with Crippen molar-refractivity contribution >= 4 is 59.3 Å². The highest BCUT2D eigenvalue weighted by molar-refractivity contribution is 5.96. The predicted molar refractivity (Wildman–Crippen MR) is 251 cm³/mol. The van der Waals surface area contributed by atoms with Crippen LogP contribution in [0.25, 0.3) is 0 Å². The summed E-state index contributed by atoms with van der Waals surface area (Å²) < 4.78 is 31.7. The lowest BCUT2D eigenvalue weighted by Gasteiger charge is -2.26. The number of carboxylic acid groups (broad SMARTS) is 3. The van der Waals surface area contributed by atoms with Gasteiger partial charge in [-0.15, -0.1) is 0 Å². The largest absolute Gasteiger partial charge is 0.508 e. The first-order valence-electron chi connectivity index (χ1n) is 22.4. The summed E-state index contributed by atoms with van der Waals surface area (Å²) in [4.78, 5) is 117. The van der Waals surface area contributed by atoms with E-state index in [1.54, 1.807) is 39.8 Å². The first-order valence-corrected chi connectivity index (χ1v) is 22.4. The molecule has 400 valence electrons. The van der Waals surface area contributed by atoms with Crippen LogP contribution in [0.3, 0.4) is 0 Å². The van der Waals surface area contributed by atoms with Gasteiger partial charge in [0.05, 0.1) is 12.6 Å². The molecule has 2 rings (SSSR count). The van der Waals surface area contributed by atoms with E-state index in [0.29, 0.717) is 17.5 Å². The number of nitrogens with zero attached hydrogens (tertiary/aromatic N) is 1. The number of nitrogens with two attached hydrogens (primary N) is 3. The summed E-state index contributed by atoms with van der Waals surface area (Å²) in [5.41, 5.74) is 17.9. The maximum Gasteiger partial charge on any atom is 0.490 e. The minimum absolute atomic E-state index is 0.0216. The molecule has 0 bridgehead atoms. The standard InChI is InChI=1S/C43H64N10O12.C2HF3O2/c1-23(2)18-31(52-41(63)34(21-26-9-13-28(55)14-10-26)51-37(59)29(44)6-5-17-47-43(45)46)38(60)48-22-35(56)49-33(20-25-7-11-27(54)12-8-25)40(62)53-32(19-24(3)4)39(61)50-30(42(64)65)15-16-36(57)58;3-2(4,5)1(6)7/h7-14,23-24,29-34,54-55H,5-6,15-22,44H2,1-4H3,(H,48,60)(H,49,56)(H,50,61)(H,51,59)(H,52,63)(H,53,62)(H,57,58)(H,64,65)(H4,45,46,47);(H,6,7). The summed E-state index contributed by atoms with van der Waals surface area (Å²) in [6, 6.07) is 3.94. The van der Waals surface area contributed by atoms with Crippen molar-refractivity contribution in [1.29, 1.82) is 0 Å². The second kappa shape index (κ2) is 30.8. The Kier molecular flexibility index (Phi) is 26.7. The minimum Gasteiger partial charge on any atom is -0.508 e. The molecule has 24 nitrogen and oxygen atoms in total. The molecule has 0 aliphatic carbocycles. The average Bonchev–Trinajstić information content (AvgIpc) is 3.27. The molecule has 2 aromatic rings. The molecule has 0 radical (unpaired) electrons. The van der Waals surface area contributed by atoms with Crippen LogP contribution in [0.15, 0.2) is 53.5 Å². The number of nitrogens with one attached hydrogen (secondary N) is 6. The number of hydrogen-bond acceptors (Lipinski definition) is 13. The smallest absolute Gasteiger partial charge is 0.490 e. The van der Waals surface area contributed by atoms with Crippen LogP contribution >= 0.6 is 0 Å². The zero-order chi connectivity index (χ0) is 54.9. The van der Waals surface area contributed by atoms with Gasteiger partial charge in [-0.3, -0.25) is 38.6 Å². The molecule has 72 heavy (non-hydrogen) atoms. The Labute approximate surface area is 412 Å². The van der Waals surface area contributed by atoms with Crippen molar-refractivity contribution in [2.45, 2.75) is 121 Å². The number of aliphatic imine (C=N–C) groups is 1. The molecule has 0 aliphatic rings. The van der Waals surface area contributed by atoms with Crippen LogP contribution in [-0.2, 0) is 56.0 Å². The monoisotopic (exact) mass is 1030 g/mol. The molecule has 6 unspecified atom stereocenters. The molecule has 2 aromatic carbocycles. The van der Waals surface area contributed by atoms with E-state index in [0.717, 1.165) is 0 Å². The van der Waals surface area contributed by atoms with Gasteiger partial charge in [-0.25, -0.2) is 9.59 Å². The van der Waals surface area contributed by atoms with Crippen LogP contribution in [0.4, 0.5) is 13.2 Å². The summed E-state index contributed by atoms with van der Waals surface area (Å²) >= 11 is 0. The Morgan fingerprint density at radius 1 is 0.597 bits per heavy atom. The Morgan fingerprint density at radius 2 is 1.00 bits per heavy atom. The van der Waals surface area contributed by atoms with E-state index in [9.17, 15) is 66.8 Å². The van der Waals surface area contributed by atoms with Crippen molar-refractivity contribution in [3.05, 3.63) is 59.7 Å². The first-order chi connectivity index (χ1) is 33.5. The molecule has 0 heterocycles. The Bertz CT molecular complexity index is 2170. The van der Waals surface area contributed by atoms with Gasteiger partial charge in [-0.05, 0) is 79.3 Å². The van der Waals surface area contributed by atoms with Crippen molar-refractivity contribution in [3.63, 3.8) is 0 Å². The fraction of sp³-hybridized carbons (Fsp3) is 0.511. The normalized spacial score (nSPS) is 13.5. The summed E-state index contributed by atoms with van der Waals surface area (Å²) in [5, 5.41) is 60.5. The van der Waals surface area contributed by atoms with E-state index in [1.165, 1.54) is 36.4 Å². The third-order valence-electron chi connectivity index (χ3n) is 9.95. The SMILES string of the molecule is CC(C)CC(NC(=O)C(Cc1ccc(O)cc1)NC(=O)C(N)CCCN=C(N)N)C(=O)NCC(=O)NC(Cc1ccc(O)cc1)C(=O)NC(CC(C)C)C(=O)NC(CCC(=O)O)C(=O)O.O=C(O)C(F)(F)F. The molecular formula is C45H65F3N10O14. The van der Waals surface area contributed by atoms with Crippen molar-refractivity contribution in [2.75, 3.05) is 13.1 Å². The van der Waals surface area contributed by atoms with Gasteiger partial charge in [-0.2, -0.15) is 13.2 Å². The van der Waals surface area contributed by atoms with Gasteiger partial charge in [0, 0.05) is 25.8 Å². The number of rotatable bonds is 28. The Morgan fingerprint density at radius 3 is 1.40 bits per heavy atom. The molecule has 0 fully saturated rings. The van der Waals surface area contributed by atoms with Crippen molar-refractivity contribution in [2.24, 2.45) is 34.0 Å². The number of halogens is 3. The summed E-state index contributed by atoms with van der Waals surface area (Å²) in [7, 11) is 0.